The summed E-state index contributed by atoms with van der Waals surface area (Å²) in [5.41, 5.74) is 3.52. The lowest BCUT2D eigenvalue weighted by molar-refractivity contribution is -0.132. The van der Waals surface area contributed by atoms with Gasteiger partial charge in [0.15, 0.2) is 11.4 Å². The molecule has 2 rings (SSSR count). The second-order valence-electron chi connectivity index (χ2n) is 3.06. The van der Waals surface area contributed by atoms with Gasteiger partial charge in [-0.25, -0.2) is 4.79 Å². The number of hydrazone groups is 1. The van der Waals surface area contributed by atoms with Crippen molar-refractivity contribution >= 4 is 23.1 Å². The molecule has 1 fully saturated rings. The average molecular weight is 219 g/mol. The van der Waals surface area contributed by atoms with Crippen molar-refractivity contribution in [3.63, 3.8) is 0 Å². The molecule has 1 heterocycles. The fourth-order valence-electron chi connectivity index (χ4n) is 1.21. The normalized spacial score (nSPS) is 20.1. The highest BCUT2D eigenvalue weighted by atomic mass is 16.5. The Kier molecular flexibility index (Phi) is 2.81. The maximum Gasteiger partial charge on any atom is 0.361 e. The first-order valence-corrected chi connectivity index (χ1v) is 4.58. The van der Waals surface area contributed by atoms with Crippen LogP contribution in [0.25, 0.3) is 0 Å². The number of hydrogen-bond donors (Lipinski definition) is 2. The van der Waals surface area contributed by atoms with Crippen molar-refractivity contribution in [3.05, 3.63) is 30.3 Å². The van der Waals surface area contributed by atoms with Gasteiger partial charge in [0.25, 0.3) is 0 Å². The molecule has 1 saturated heterocycles. The van der Waals surface area contributed by atoms with E-state index in [2.05, 4.69) is 20.4 Å². The number of nitrogens with zero attached hydrogens (tertiary/aromatic N) is 2. The lowest BCUT2D eigenvalue weighted by atomic mass is 10.3. The minimum Gasteiger partial charge on any atom is -0.454 e. The molecule has 16 heavy (non-hydrogen) atoms. The van der Waals surface area contributed by atoms with Crippen molar-refractivity contribution in [3.8, 4) is 0 Å². The van der Waals surface area contributed by atoms with E-state index in [-0.39, 0.29) is 18.0 Å². The Balaban J connectivity index is 2.15. The molecule has 1 aromatic carbocycles. The molecule has 1 aliphatic heterocycles. The van der Waals surface area contributed by atoms with Crippen LogP contribution in [0.4, 0.5) is 5.69 Å². The molecule has 0 bridgehead atoms. The van der Waals surface area contributed by atoms with Crippen molar-refractivity contribution in [2.75, 3.05) is 12.0 Å². The lowest BCUT2D eigenvalue weighted by Crippen LogP contribution is -2.16. The first kappa shape index (κ1) is 10.2. The summed E-state index contributed by atoms with van der Waals surface area (Å²) in [7, 11) is 0. The van der Waals surface area contributed by atoms with Gasteiger partial charge in [0, 0.05) is 0 Å². The minimum atomic E-state index is -0.601. The van der Waals surface area contributed by atoms with E-state index in [0.717, 1.165) is 5.69 Å². The SMILES string of the molecule is O=C1OCC(=NO)C1=NNc1ccccc1. The van der Waals surface area contributed by atoms with Crippen molar-refractivity contribution in [2.45, 2.75) is 0 Å². The van der Waals surface area contributed by atoms with Crippen molar-refractivity contribution in [1.29, 1.82) is 0 Å². The second-order valence-corrected chi connectivity index (χ2v) is 3.06. The van der Waals surface area contributed by atoms with Crippen LogP contribution < -0.4 is 5.43 Å². The van der Waals surface area contributed by atoms with Gasteiger partial charge in [-0.1, -0.05) is 23.4 Å². The molecule has 0 amide bonds. The van der Waals surface area contributed by atoms with Crippen molar-refractivity contribution in [1.82, 2.24) is 0 Å². The molecule has 1 aromatic rings. The lowest BCUT2D eigenvalue weighted by Gasteiger charge is -1.99. The number of carbonyl (C=O) groups is 1. The third kappa shape index (κ3) is 2.00. The number of rotatable bonds is 2. The first-order chi connectivity index (χ1) is 7.81. The molecule has 1 aliphatic rings. The number of anilines is 1. The monoisotopic (exact) mass is 219 g/mol. The minimum absolute atomic E-state index is 0.00801. The molecule has 0 aromatic heterocycles. The number of ether oxygens (including phenoxy) is 1. The summed E-state index contributed by atoms with van der Waals surface area (Å²) in [4.78, 5) is 11.2. The van der Waals surface area contributed by atoms with Crippen LogP contribution in [0.2, 0.25) is 0 Å². The van der Waals surface area contributed by atoms with Gasteiger partial charge in [-0.15, -0.1) is 0 Å². The second kappa shape index (κ2) is 4.43. The molecular formula is C10H9N3O3. The zero-order valence-electron chi connectivity index (χ0n) is 8.25. The highest BCUT2D eigenvalue weighted by Gasteiger charge is 2.29. The Hall–Kier alpha value is -2.37. The van der Waals surface area contributed by atoms with Gasteiger partial charge in [-0.05, 0) is 12.1 Å². The Bertz CT molecular complexity index is 454. The maximum absolute atomic E-state index is 11.2. The number of oxime groups is 1. The van der Waals surface area contributed by atoms with Crippen LogP contribution in [0.1, 0.15) is 0 Å². The Morgan fingerprint density at radius 2 is 2.06 bits per heavy atom. The molecule has 0 aliphatic carbocycles. The third-order valence-corrected chi connectivity index (χ3v) is 2.00. The smallest absolute Gasteiger partial charge is 0.361 e. The molecule has 0 radical (unpaired) electrons. The number of nitrogens with one attached hydrogen (secondary N) is 1. The Morgan fingerprint density at radius 3 is 2.75 bits per heavy atom. The number of carbonyl (C=O) groups excluding carboxylic acids is 1. The molecule has 6 heteroatoms. The van der Waals surface area contributed by atoms with Gasteiger partial charge in [0.1, 0.15) is 6.61 Å². The van der Waals surface area contributed by atoms with E-state index in [4.69, 9.17) is 5.21 Å². The van der Waals surface area contributed by atoms with E-state index in [0.29, 0.717) is 0 Å². The molecular weight excluding hydrogens is 210 g/mol. The zero-order valence-corrected chi connectivity index (χ0v) is 8.25. The van der Waals surface area contributed by atoms with Crippen molar-refractivity contribution < 1.29 is 14.7 Å². The summed E-state index contributed by atoms with van der Waals surface area (Å²) < 4.78 is 4.66. The predicted octanol–water partition coefficient (Wildman–Crippen LogP) is 0.842. The largest absolute Gasteiger partial charge is 0.454 e. The Morgan fingerprint density at radius 1 is 1.31 bits per heavy atom. The predicted molar refractivity (Wildman–Crippen MR) is 57.7 cm³/mol. The number of para-hydroxylation sites is 1. The van der Waals surface area contributed by atoms with Gasteiger partial charge in [-0.3, -0.25) is 5.43 Å². The van der Waals surface area contributed by atoms with Crippen LogP contribution in [0.3, 0.4) is 0 Å². The maximum atomic E-state index is 11.2. The number of esters is 1. The van der Waals surface area contributed by atoms with Crippen LogP contribution in [-0.2, 0) is 9.53 Å². The van der Waals surface area contributed by atoms with Crippen LogP contribution in [0.15, 0.2) is 40.6 Å². The zero-order chi connectivity index (χ0) is 11.4. The molecule has 0 spiro atoms. The Labute approximate surface area is 91.2 Å². The van der Waals surface area contributed by atoms with Gasteiger partial charge >= 0.3 is 5.97 Å². The molecule has 0 atom stereocenters. The number of benzene rings is 1. The summed E-state index contributed by atoms with van der Waals surface area (Å²) >= 11 is 0. The van der Waals surface area contributed by atoms with Gasteiger partial charge < -0.3 is 9.94 Å². The molecule has 82 valence electrons. The summed E-state index contributed by atoms with van der Waals surface area (Å²) in [6.07, 6.45) is 0. The summed E-state index contributed by atoms with van der Waals surface area (Å²) in [6, 6.07) is 9.11. The first-order valence-electron chi connectivity index (χ1n) is 4.58. The van der Waals surface area contributed by atoms with Crippen LogP contribution in [0.5, 0.6) is 0 Å². The van der Waals surface area contributed by atoms with E-state index in [1.807, 2.05) is 18.2 Å². The molecule has 6 nitrogen and oxygen atoms in total. The van der Waals surface area contributed by atoms with Crippen LogP contribution in [-0.4, -0.2) is 29.2 Å². The fraction of sp³-hybridized carbons (Fsp3) is 0.100. The van der Waals surface area contributed by atoms with E-state index in [1.54, 1.807) is 12.1 Å². The average Bonchev–Trinajstić information content (AvgIpc) is 2.69. The number of hydrogen-bond acceptors (Lipinski definition) is 6. The van der Waals surface area contributed by atoms with E-state index in [1.165, 1.54) is 0 Å². The van der Waals surface area contributed by atoms with Crippen LogP contribution >= 0.6 is 0 Å². The molecule has 0 saturated carbocycles. The summed E-state index contributed by atoms with van der Waals surface area (Å²) in [5.74, 6) is -0.601. The van der Waals surface area contributed by atoms with Gasteiger partial charge in [-0.2, -0.15) is 5.10 Å². The quantitative estimate of drug-likeness (QED) is 0.438. The van der Waals surface area contributed by atoms with Crippen LogP contribution in [0, 0.1) is 0 Å². The van der Waals surface area contributed by atoms with E-state index < -0.39 is 5.97 Å². The highest BCUT2D eigenvalue weighted by molar-refractivity contribution is 6.68. The van der Waals surface area contributed by atoms with E-state index in [9.17, 15) is 4.79 Å². The topological polar surface area (TPSA) is 83.3 Å². The van der Waals surface area contributed by atoms with Gasteiger partial charge in [0.2, 0.25) is 0 Å². The van der Waals surface area contributed by atoms with Gasteiger partial charge in [0.05, 0.1) is 5.69 Å². The molecule has 2 N–H and O–H groups in total. The summed E-state index contributed by atoms with van der Waals surface area (Å²) in [6.45, 7) is -0.0510. The standard InChI is InChI=1S/C10H9N3O3/c14-10-9(8(13-15)6-16-10)12-11-7-4-2-1-3-5-7/h1-5,11,15H,6H2. The third-order valence-electron chi connectivity index (χ3n) is 2.00. The fourth-order valence-corrected chi connectivity index (χ4v) is 1.21. The summed E-state index contributed by atoms with van der Waals surface area (Å²) in [5, 5.41) is 15.4. The van der Waals surface area contributed by atoms with Crippen molar-refractivity contribution in [2.24, 2.45) is 10.3 Å². The van der Waals surface area contributed by atoms with E-state index >= 15 is 0 Å². The molecule has 0 unspecified atom stereocenters. The number of cyclic esters (lactones) is 1. The highest BCUT2D eigenvalue weighted by Crippen LogP contribution is 2.06.